The van der Waals surface area contributed by atoms with Crippen molar-refractivity contribution in [2.75, 3.05) is 23.1 Å². The van der Waals surface area contributed by atoms with Gasteiger partial charge in [-0.3, -0.25) is 9.35 Å². The average Bonchev–Trinajstić information content (AvgIpc) is 2.81. The number of nitrogens with zero attached hydrogens (tertiary/aromatic N) is 3. The number of carbonyl (C=O) groups excluding carboxylic acids is 1. The second-order valence-corrected chi connectivity index (χ2v) is 8.66. The molecule has 0 spiro atoms. The van der Waals surface area contributed by atoms with E-state index in [1.807, 2.05) is 0 Å². The van der Waals surface area contributed by atoms with Crippen molar-refractivity contribution < 1.29 is 39.9 Å². The molecule has 0 saturated carbocycles. The monoisotopic (exact) mass is 554 g/mol. The number of benzene rings is 1. The number of hydrogen-bond acceptors (Lipinski definition) is 10. The van der Waals surface area contributed by atoms with E-state index in [1.54, 1.807) is 6.92 Å². The van der Waals surface area contributed by atoms with Gasteiger partial charge in [-0.2, -0.15) is 26.6 Å². The molecule has 0 atom stereocenters. The van der Waals surface area contributed by atoms with E-state index >= 15 is 0 Å². The molecular weight excluding hydrogens is 533 g/mol. The molecule has 0 aliphatic rings. The summed E-state index contributed by atoms with van der Waals surface area (Å²) >= 11 is 0. The number of methoxy groups -OCH3 is 1. The fourth-order valence-electron chi connectivity index (χ4n) is 3.08. The minimum Gasteiger partial charge on any atom is -0.481 e. The molecule has 0 aliphatic heterocycles. The van der Waals surface area contributed by atoms with Gasteiger partial charge in [-0.15, -0.1) is 0 Å². The van der Waals surface area contributed by atoms with Gasteiger partial charge in [0.1, 0.15) is 17.1 Å². The Morgan fingerprint density at radius 3 is 2.42 bits per heavy atom. The first-order valence-corrected chi connectivity index (χ1v) is 11.8. The number of nitrogens with one attached hydrogen (secondary N) is 3. The highest BCUT2D eigenvalue weighted by molar-refractivity contribution is 7.81. The number of hydrogen-bond donors (Lipinski definition) is 4. The Morgan fingerprint density at radius 2 is 1.82 bits per heavy atom. The molecule has 0 unspecified atom stereocenters. The van der Waals surface area contributed by atoms with Gasteiger partial charge in [0, 0.05) is 18.5 Å². The largest absolute Gasteiger partial charge is 0.481 e. The molecule has 0 bridgehead atoms. The minimum atomic E-state index is -5.12. The van der Waals surface area contributed by atoms with Gasteiger partial charge in [0.15, 0.2) is 5.75 Å². The number of aryl methyl sites for hydroxylation is 2. The topological polar surface area (TPSA) is 165 Å². The number of aromatic nitrogens is 3. The van der Waals surface area contributed by atoms with Crippen LogP contribution in [0.25, 0.3) is 0 Å². The summed E-state index contributed by atoms with van der Waals surface area (Å²) in [6.07, 6.45) is -2.10. The molecule has 202 valence electrons. The molecule has 12 nitrogen and oxygen atoms in total. The van der Waals surface area contributed by atoms with Crippen molar-refractivity contribution in [1.29, 1.82) is 0 Å². The Morgan fingerprint density at radius 1 is 1.11 bits per heavy atom. The molecular formula is C22H21F3N6O6S. The van der Waals surface area contributed by atoms with Gasteiger partial charge in [-0.25, -0.2) is 9.97 Å². The number of alkyl halides is 3. The molecule has 2 aromatic heterocycles. The predicted molar refractivity (Wildman–Crippen MR) is 131 cm³/mol. The molecule has 3 aromatic rings. The molecule has 1 amide bonds. The standard InChI is InChI=1S/C22H21F3N6O6S/c1-5-17(32)28-15-6-11(2)7-16(37-38(33,34)35)19(15)30-20-13(22(23,24)25)10-27-21(31-20)29-14-8-18(36-4)26-9-12(14)3/h5-10H,1H2,2-4H3,(H,28,32)(H,33,34,35)(H2,26,27,29,30,31). The first-order chi connectivity index (χ1) is 17.7. The van der Waals surface area contributed by atoms with E-state index in [9.17, 15) is 30.9 Å². The van der Waals surface area contributed by atoms with Crippen LogP contribution in [0.5, 0.6) is 11.6 Å². The van der Waals surface area contributed by atoms with E-state index in [-0.39, 0.29) is 17.5 Å². The Labute approximate surface area is 214 Å². The van der Waals surface area contributed by atoms with Crippen LogP contribution in [-0.2, 0) is 21.4 Å². The van der Waals surface area contributed by atoms with Crippen LogP contribution >= 0.6 is 0 Å². The molecule has 3 rings (SSSR count). The van der Waals surface area contributed by atoms with Crippen LogP contribution in [0.3, 0.4) is 0 Å². The fraction of sp³-hybridized carbons (Fsp3) is 0.182. The highest BCUT2D eigenvalue weighted by atomic mass is 32.3. The first-order valence-electron chi connectivity index (χ1n) is 10.4. The zero-order valence-corrected chi connectivity index (χ0v) is 20.9. The van der Waals surface area contributed by atoms with Crippen LogP contribution in [0.15, 0.2) is 43.2 Å². The lowest BCUT2D eigenvalue weighted by molar-refractivity contribution is -0.137. The van der Waals surface area contributed by atoms with Crippen LogP contribution < -0.4 is 24.9 Å². The minimum absolute atomic E-state index is 0.190. The number of amides is 1. The normalized spacial score (nSPS) is 11.4. The molecule has 4 N–H and O–H groups in total. The van der Waals surface area contributed by atoms with Gasteiger partial charge in [-0.1, -0.05) is 6.58 Å². The first kappa shape index (κ1) is 28.1. The van der Waals surface area contributed by atoms with E-state index in [0.717, 1.165) is 12.1 Å². The van der Waals surface area contributed by atoms with E-state index in [2.05, 4.69) is 41.7 Å². The number of ether oxygens (including phenoxy) is 1. The summed E-state index contributed by atoms with van der Waals surface area (Å²) in [5.74, 6) is -2.27. The van der Waals surface area contributed by atoms with Crippen LogP contribution in [0.4, 0.5) is 42.0 Å². The molecule has 0 radical (unpaired) electrons. The number of halogens is 3. The zero-order valence-electron chi connectivity index (χ0n) is 20.0. The smallest absolute Gasteiger partial charge is 0.446 e. The maximum Gasteiger partial charge on any atom is 0.446 e. The molecule has 0 aliphatic carbocycles. The van der Waals surface area contributed by atoms with Crippen molar-refractivity contribution >= 4 is 45.1 Å². The Hall–Kier alpha value is -4.44. The second kappa shape index (κ2) is 10.9. The van der Waals surface area contributed by atoms with E-state index in [4.69, 9.17) is 4.74 Å². The van der Waals surface area contributed by atoms with Crippen LogP contribution in [0, 0.1) is 13.8 Å². The highest BCUT2D eigenvalue weighted by Crippen LogP contribution is 2.41. The van der Waals surface area contributed by atoms with Crippen molar-refractivity contribution in [2.45, 2.75) is 20.0 Å². The van der Waals surface area contributed by atoms with E-state index in [1.165, 1.54) is 32.4 Å². The summed E-state index contributed by atoms with van der Waals surface area (Å²) < 4.78 is 83.3. The van der Waals surface area contributed by atoms with Crippen LogP contribution in [0.2, 0.25) is 0 Å². The number of rotatable bonds is 9. The van der Waals surface area contributed by atoms with Crippen LogP contribution in [0.1, 0.15) is 16.7 Å². The Kier molecular flexibility index (Phi) is 8.07. The molecule has 2 heterocycles. The highest BCUT2D eigenvalue weighted by Gasteiger charge is 2.36. The summed E-state index contributed by atoms with van der Waals surface area (Å²) in [7, 11) is -3.73. The van der Waals surface area contributed by atoms with Gasteiger partial charge >= 0.3 is 16.6 Å². The third-order valence-corrected chi connectivity index (χ3v) is 5.15. The zero-order chi connectivity index (χ0) is 28.3. The maximum absolute atomic E-state index is 13.9. The molecule has 16 heteroatoms. The number of carbonyl (C=O) groups is 1. The molecule has 1 aromatic carbocycles. The lowest BCUT2D eigenvalue weighted by Gasteiger charge is -2.19. The fourth-order valence-corrected chi connectivity index (χ4v) is 3.44. The third-order valence-electron chi connectivity index (χ3n) is 4.76. The lowest BCUT2D eigenvalue weighted by atomic mass is 10.1. The Bertz CT molecular complexity index is 1500. The van der Waals surface area contributed by atoms with Crippen molar-refractivity contribution in [1.82, 2.24) is 15.0 Å². The van der Waals surface area contributed by atoms with Crippen LogP contribution in [-0.4, -0.2) is 40.9 Å². The second-order valence-electron chi connectivity index (χ2n) is 7.64. The quantitative estimate of drug-likeness (QED) is 0.220. The summed E-state index contributed by atoms with van der Waals surface area (Å²) in [6.45, 7) is 6.47. The van der Waals surface area contributed by atoms with Crippen molar-refractivity contribution in [2.24, 2.45) is 0 Å². The molecule has 0 saturated heterocycles. The van der Waals surface area contributed by atoms with Crippen molar-refractivity contribution in [3.8, 4) is 11.6 Å². The SMILES string of the molecule is C=CC(=O)Nc1cc(C)cc(OS(=O)(=O)O)c1Nc1nc(Nc2cc(OC)ncc2C)ncc1C(F)(F)F. The van der Waals surface area contributed by atoms with Gasteiger partial charge in [0.25, 0.3) is 0 Å². The number of anilines is 5. The summed E-state index contributed by atoms with van der Waals surface area (Å²) in [5, 5.41) is 7.47. The van der Waals surface area contributed by atoms with Gasteiger partial charge in [0.05, 0.1) is 18.5 Å². The van der Waals surface area contributed by atoms with E-state index in [0.29, 0.717) is 23.0 Å². The molecule has 0 fully saturated rings. The van der Waals surface area contributed by atoms with Crippen molar-refractivity contribution in [3.05, 3.63) is 59.9 Å². The summed E-state index contributed by atoms with van der Waals surface area (Å²) in [5.41, 5.74) is -0.666. The average molecular weight is 555 g/mol. The summed E-state index contributed by atoms with van der Waals surface area (Å²) in [4.78, 5) is 23.6. The number of pyridine rings is 1. The van der Waals surface area contributed by atoms with Gasteiger partial charge in [-0.05, 0) is 43.2 Å². The summed E-state index contributed by atoms with van der Waals surface area (Å²) in [6, 6.07) is 3.91. The third kappa shape index (κ3) is 7.07. The van der Waals surface area contributed by atoms with E-state index < -0.39 is 45.3 Å². The molecule has 38 heavy (non-hydrogen) atoms. The maximum atomic E-state index is 13.9. The Balaban J connectivity index is 2.17. The lowest BCUT2D eigenvalue weighted by Crippen LogP contribution is -2.16. The van der Waals surface area contributed by atoms with Gasteiger partial charge < -0.3 is 24.9 Å². The van der Waals surface area contributed by atoms with Gasteiger partial charge in [0.2, 0.25) is 17.7 Å². The van der Waals surface area contributed by atoms with Crippen molar-refractivity contribution in [3.63, 3.8) is 0 Å². The predicted octanol–water partition coefficient (Wildman–Crippen LogP) is 4.31.